The van der Waals surface area contributed by atoms with E-state index in [4.69, 9.17) is 4.18 Å². The van der Waals surface area contributed by atoms with E-state index in [1.165, 1.54) is 12.1 Å². The molecule has 6 nitrogen and oxygen atoms in total. The summed E-state index contributed by atoms with van der Waals surface area (Å²) in [6, 6.07) is 6.40. The number of hydrogen-bond acceptors (Lipinski definition) is 5. The fourth-order valence-electron chi connectivity index (χ4n) is 2.72. The predicted octanol–water partition coefficient (Wildman–Crippen LogP) is 1.84. The van der Waals surface area contributed by atoms with Gasteiger partial charge < -0.3 is 10.4 Å². The van der Waals surface area contributed by atoms with Gasteiger partial charge in [-0.05, 0) is 37.6 Å². The zero-order valence-electron chi connectivity index (χ0n) is 12.8. The Morgan fingerprint density at radius 1 is 1.32 bits per heavy atom. The highest BCUT2D eigenvalue weighted by atomic mass is 32.2. The van der Waals surface area contributed by atoms with E-state index < -0.39 is 16.4 Å². The first-order valence-corrected chi connectivity index (χ1v) is 9.05. The zero-order valence-corrected chi connectivity index (χ0v) is 13.6. The fourth-order valence-corrected chi connectivity index (χ4v) is 3.91. The summed E-state index contributed by atoms with van der Waals surface area (Å²) in [5.41, 5.74) is 0.614. The quantitative estimate of drug-likeness (QED) is 0.711. The van der Waals surface area contributed by atoms with Crippen molar-refractivity contribution in [2.45, 2.75) is 44.2 Å². The average Bonchev–Trinajstić information content (AvgIpc) is 2.47. The fraction of sp³-hybridized carbons (Fsp3) is 0.600. The molecule has 1 aromatic rings. The molecule has 22 heavy (non-hydrogen) atoms. The summed E-state index contributed by atoms with van der Waals surface area (Å²) in [5.74, 6) is 0.0832. The highest BCUT2D eigenvalue weighted by Crippen LogP contribution is 2.24. The highest BCUT2D eigenvalue weighted by molar-refractivity contribution is 7.84. The van der Waals surface area contributed by atoms with Gasteiger partial charge >= 0.3 is 10.3 Å². The Morgan fingerprint density at radius 3 is 2.68 bits per heavy atom. The molecular formula is C15H24N2O4S. The molecular weight excluding hydrogens is 304 g/mol. The van der Waals surface area contributed by atoms with Crippen LogP contribution in [0, 0.1) is 0 Å². The standard InChI is InChI=1S/C15H24N2O4S/c1-16-11-15(12-6-5-9-14(18)10-12)21-22(19,20)17-13-7-3-2-4-8-13/h5-6,9-10,13,15-18H,2-4,7-8,11H2,1H3. The van der Waals surface area contributed by atoms with E-state index in [0.29, 0.717) is 12.1 Å². The van der Waals surface area contributed by atoms with Crippen LogP contribution in [0.15, 0.2) is 24.3 Å². The van der Waals surface area contributed by atoms with Crippen LogP contribution in [0.25, 0.3) is 0 Å². The molecule has 1 aliphatic rings. The normalized spacial score (nSPS) is 18.2. The van der Waals surface area contributed by atoms with Crippen LogP contribution in [-0.4, -0.2) is 33.2 Å². The Kier molecular flexibility index (Phi) is 6.19. The third-order valence-electron chi connectivity index (χ3n) is 3.79. The molecule has 3 N–H and O–H groups in total. The molecule has 1 unspecified atom stereocenters. The number of rotatable bonds is 7. The van der Waals surface area contributed by atoms with Gasteiger partial charge in [0.05, 0.1) is 0 Å². The van der Waals surface area contributed by atoms with Gasteiger partial charge in [0.2, 0.25) is 0 Å². The van der Waals surface area contributed by atoms with Crippen LogP contribution >= 0.6 is 0 Å². The van der Waals surface area contributed by atoms with Crippen LogP contribution < -0.4 is 10.0 Å². The van der Waals surface area contributed by atoms with Crippen LogP contribution in [0.3, 0.4) is 0 Å². The van der Waals surface area contributed by atoms with Gasteiger partial charge in [0, 0.05) is 12.6 Å². The van der Waals surface area contributed by atoms with E-state index in [9.17, 15) is 13.5 Å². The summed E-state index contributed by atoms with van der Waals surface area (Å²) in [6.45, 7) is 0.328. The molecule has 2 rings (SSSR count). The van der Waals surface area contributed by atoms with Crippen molar-refractivity contribution < 1.29 is 17.7 Å². The van der Waals surface area contributed by atoms with Crippen molar-refractivity contribution in [1.82, 2.24) is 10.0 Å². The van der Waals surface area contributed by atoms with Crippen LogP contribution in [0.5, 0.6) is 5.75 Å². The van der Waals surface area contributed by atoms with Crippen molar-refractivity contribution in [1.29, 1.82) is 0 Å². The second kappa shape index (κ2) is 7.92. The van der Waals surface area contributed by atoms with E-state index in [0.717, 1.165) is 32.1 Å². The van der Waals surface area contributed by atoms with E-state index in [1.807, 2.05) is 0 Å². The first-order chi connectivity index (χ1) is 10.5. The largest absolute Gasteiger partial charge is 0.508 e. The number of phenolic OH excluding ortho intramolecular Hbond substituents is 1. The number of hydrogen-bond donors (Lipinski definition) is 3. The van der Waals surface area contributed by atoms with Crippen molar-refractivity contribution in [2.24, 2.45) is 0 Å². The third-order valence-corrected chi connectivity index (χ3v) is 4.90. The molecule has 0 aromatic heterocycles. The molecule has 0 radical (unpaired) electrons. The van der Waals surface area contributed by atoms with Gasteiger partial charge in [-0.1, -0.05) is 31.4 Å². The van der Waals surface area contributed by atoms with Crippen LogP contribution in [0.4, 0.5) is 0 Å². The van der Waals surface area contributed by atoms with E-state index in [2.05, 4.69) is 10.0 Å². The van der Waals surface area contributed by atoms with Gasteiger partial charge in [-0.15, -0.1) is 0 Å². The maximum Gasteiger partial charge on any atom is 0.336 e. The minimum absolute atomic E-state index is 0.0434. The monoisotopic (exact) mass is 328 g/mol. The topological polar surface area (TPSA) is 87.7 Å². The van der Waals surface area contributed by atoms with Gasteiger partial charge in [-0.25, -0.2) is 4.18 Å². The van der Waals surface area contributed by atoms with Crippen molar-refractivity contribution in [3.05, 3.63) is 29.8 Å². The lowest BCUT2D eigenvalue weighted by atomic mass is 9.96. The number of aromatic hydroxyl groups is 1. The number of likely N-dealkylation sites (N-methyl/N-ethyl adjacent to an activating group) is 1. The van der Waals surface area contributed by atoms with Crippen LogP contribution in [0.2, 0.25) is 0 Å². The molecule has 0 amide bonds. The zero-order chi connectivity index (χ0) is 16.0. The Bertz CT molecular complexity index is 571. The van der Waals surface area contributed by atoms with Gasteiger partial charge in [-0.3, -0.25) is 0 Å². The molecule has 0 bridgehead atoms. The number of phenols is 1. The summed E-state index contributed by atoms with van der Waals surface area (Å²) in [4.78, 5) is 0. The predicted molar refractivity (Wildman–Crippen MR) is 84.8 cm³/mol. The summed E-state index contributed by atoms with van der Waals surface area (Å²) in [6.07, 6.45) is 4.26. The van der Waals surface area contributed by atoms with Gasteiger partial charge in [0.1, 0.15) is 11.9 Å². The third kappa shape index (κ3) is 5.24. The summed E-state index contributed by atoms with van der Waals surface area (Å²) in [5, 5.41) is 12.5. The van der Waals surface area contributed by atoms with E-state index in [1.54, 1.807) is 19.2 Å². The first kappa shape index (κ1) is 17.2. The van der Waals surface area contributed by atoms with Crippen molar-refractivity contribution in [2.75, 3.05) is 13.6 Å². The molecule has 7 heteroatoms. The number of nitrogens with one attached hydrogen (secondary N) is 2. The highest BCUT2D eigenvalue weighted by Gasteiger charge is 2.25. The molecule has 0 aliphatic heterocycles. The Labute approximate surface area is 132 Å². The molecule has 0 saturated heterocycles. The molecule has 1 aromatic carbocycles. The van der Waals surface area contributed by atoms with E-state index >= 15 is 0 Å². The molecule has 1 saturated carbocycles. The molecule has 1 fully saturated rings. The lowest BCUT2D eigenvalue weighted by Gasteiger charge is -2.24. The Hall–Kier alpha value is -1.15. The van der Waals surface area contributed by atoms with Crippen molar-refractivity contribution >= 4 is 10.3 Å². The molecule has 0 heterocycles. The van der Waals surface area contributed by atoms with Gasteiger partial charge in [0.25, 0.3) is 0 Å². The van der Waals surface area contributed by atoms with Gasteiger partial charge in [0.15, 0.2) is 0 Å². The number of benzene rings is 1. The smallest absolute Gasteiger partial charge is 0.336 e. The summed E-state index contributed by atoms with van der Waals surface area (Å²) >= 11 is 0. The second-order valence-electron chi connectivity index (χ2n) is 5.64. The van der Waals surface area contributed by atoms with Gasteiger partial charge in [-0.2, -0.15) is 13.1 Å². The van der Waals surface area contributed by atoms with Crippen molar-refractivity contribution in [3.8, 4) is 5.75 Å². The second-order valence-corrected chi connectivity index (χ2v) is 6.98. The first-order valence-electron chi connectivity index (χ1n) is 7.64. The lowest BCUT2D eigenvalue weighted by molar-refractivity contribution is 0.204. The molecule has 1 atom stereocenters. The van der Waals surface area contributed by atoms with Crippen LogP contribution in [0.1, 0.15) is 43.8 Å². The minimum Gasteiger partial charge on any atom is -0.508 e. The summed E-state index contributed by atoms with van der Waals surface area (Å²) in [7, 11) is -2.11. The summed E-state index contributed by atoms with van der Waals surface area (Å²) < 4.78 is 32.4. The van der Waals surface area contributed by atoms with E-state index in [-0.39, 0.29) is 11.8 Å². The molecule has 1 aliphatic carbocycles. The Morgan fingerprint density at radius 2 is 2.05 bits per heavy atom. The lowest BCUT2D eigenvalue weighted by Crippen LogP contribution is -2.38. The SMILES string of the molecule is CNCC(OS(=O)(=O)NC1CCCCC1)c1cccc(O)c1. The minimum atomic E-state index is -3.84. The van der Waals surface area contributed by atoms with Crippen LogP contribution in [-0.2, 0) is 14.5 Å². The molecule has 124 valence electrons. The average molecular weight is 328 g/mol. The van der Waals surface area contributed by atoms with Crippen molar-refractivity contribution in [3.63, 3.8) is 0 Å². The molecule has 0 spiro atoms. The Balaban J connectivity index is 2.05. The maximum atomic E-state index is 12.2. The maximum absolute atomic E-state index is 12.2.